The number of thiophene rings is 1. The highest BCUT2D eigenvalue weighted by Crippen LogP contribution is 2.36. The maximum Gasteiger partial charge on any atom is 0.397 e. The van der Waals surface area contributed by atoms with E-state index >= 15 is 0 Å². The van der Waals surface area contributed by atoms with E-state index < -0.39 is 17.8 Å². The van der Waals surface area contributed by atoms with Gasteiger partial charge in [0, 0.05) is 10.9 Å². The zero-order chi connectivity index (χ0) is 18.4. The Kier molecular flexibility index (Phi) is 6.30. The third kappa shape index (κ3) is 4.45. The summed E-state index contributed by atoms with van der Waals surface area (Å²) < 4.78 is 9.77. The molecule has 7 heteroatoms. The number of rotatable bonds is 5. The molecule has 0 bridgehead atoms. The predicted molar refractivity (Wildman–Crippen MR) is 95.7 cm³/mol. The van der Waals surface area contributed by atoms with Gasteiger partial charge in [-0.1, -0.05) is 29.8 Å². The number of carbonyl (C=O) groups excluding carboxylic acids is 3. The molecular weight excluding hydrogens is 342 g/mol. The SMILES string of the molecule is CCOC(=O)C(=O)Nc1scc(-c2ccc(C)cc2)c1C(=O)OCC. The van der Waals surface area contributed by atoms with E-state index in [9.17, 15) is 14.4 Å². The van der Waals surface area contributed by atoms with Crippen LogP contribution in [0, 0.1) is 6.92 Å². The number of esters is 2. The van der Waals surface area contributed by atoms with E-state index in [1.165, 1.54) is 0 Å². The van der Waals surface area contributed by atoms with Gasteiger partial charge in [0.1, 0.15) is 10.6 Å². The maximum atomic E-state index is 12.4. The van der Waals surface area contributed by atoms with Crippen LogP contribution in [0.15, 0.2) is 29.6 Å². The van der Waals surface area contributed by atoms with Gasteiger partial charge in [-0.25, -0.2) is 9.59 Å². The molecule has 0 aliphatic heterocycles. The first kappa shape index (κ1) is 18.7. The molecule has 1 amide bonds. The van der Waals surface area contributed by atoms with E-state index in [4.69, 9.17) is 4.74 Å². The topological polar surface area (TPSA) is 81.7 Å². The third-order valence-corrected chi connectivity index (χ3v) is 4.22. The standard InChI is InChI=1S/C18H19NO5S/c1-4-23-17(21)14-13(12-8-6-11(3)7-9-12)10-25-16(14)19-15(20)18(22)24-5-2/h6-10H,4-5H2,1-3H3,(H,19,20). The molecule has 0 saturated heterocycles. The van der Waals surface area contributed by atoms with Crippen molar-refractivity contribution in [2.24, 2.45) is 0 Å². The van der Waals surface area contributed by atoms with Crippen molar-refractivity contribution in [2.75, 3.05) is 18.5 Å². The molecule has 1 aromatic carbocycles. The average molecular weight is 361 g/mol. The van der Waals surface area contributed by atoms with Crippen LogP contribution >= 0.6 is 11.3 Å². The molecule has 1 heterocycles. The Morgan fingerprint density at radius 2 is 1.68 bits per heavy atom. The lowest BCUT2D eigenvalue weighted by Crippen LogP contribution is -2.25. The molecule has 1 aromatic heterocycles. The molecule has 0 radical (unpaired) electrons. The van der Waals surface area contributed by atoms with Gasteiger partial charge in [-0.3, -0.25) is 4.79 Å². The molecular formula is C18H19NO5S. The molecule has 132 valence electrons. The number of amides is 1. The molecule has 0 saturated carbocycles. The van der Waals surface area contributed by atoms with Gasteiger partial charge >= 0.3 is 17.8 Å². The van der Waals surface area contributed by atoms with Crippen molar-refractivity contribution in [3.05, 3.63) is 40.8 Å². The van der Waals surface area contributed by atoms with Gasteiger partial charge in [-0.05, 0) is 26.3 Å². The first-order chi connectivity index (χ1) is 12.0. The number of aryl methyl sites for hydroxylation is 1. The number of hydrogen-bond acceptors (Lipinski definition) is 6. The molecule has 0 unspecified atom stereocenters. The number of ether oxygens (including phenoxy) is 2. The average Bonchev–Trinajstić information content (AvgIpc) is 2.99. The lowest BCUT2D eigenvalue weighted by atomic mass is 10.0. The maximum absolute atomic E-state index is 12.4. The Morgan fingerprint density at radius 3 is 2.28 bits per heavy atom. The second-order valence-electron chi connectivity index (χ2n) is 5.11. The number of benzene rings is 1. The molecule has 0 aliphatic carbocycles. The highest BCUT2D eigenvalue weighted by Gasteiger charge is 2.25. The molecule has 0 spiro atoms. The number of nitrogens with one attached hydrogen (secondary N) is 1. The summed E-state index contributed by atoms with van der Waals surface area (Å²) >= 11 is 1.15. The van der Waals surface area contributed by atoms with Crippen LogP contribution in [0.5, 0.6) is 0 Å². The first-order valence-corrected chi connectivity index (χ1v) is 8.69. The second-order valence-corrected chi connectivity index (χ2v) is 5.99. The van der Waals surface area contributed by atoms with Gasteiger partial charge in [0.15, 0.2) is 0 Å². The number of anilines is 1. The molecule has 6 nitrogen and oxygen atoms in total. The third-order valence-electron chi connectivity index (χ3n) is 3.32. The molecule has 0 atom stereocenters. The quantitative estimate of drug-likeness (QED) is 0.652. The zero-order valence-electron chi connectivity index (χ0n) is 14.3. The van der Waals surface area contributed by atoms with Crippen molar-refractivity contribution >= 4 is 34.2 Å². The summed E-state index contributed by atoms with van der Waals surface area (Å²) in [4.78, 5) is 35.8. The van der Waals surface area contributed by atoms with Gasteiger partial charge in [0.2, 0.25) is 0 Å². The molecule has 2 rings (SSSR count). The van der Waals surface area contributed by atoms with Crippen LogP contribution in [0.2, 0.25) is 0 Å². The van der Waals surface area contributed by atoms with Gasteiger partial charge in [0.25, 0.3) is 0 Å². The molecule has 2 aromatic rings. The van der Waals surface area contributed by atoms with Gasteiger partial charge in [-0.2, -0.15) is 0 Å². The predicted octanol–water partition coefficient (Wildman–Crippen LogP) is 3.40. The van der Waals surface area contributed by atoms with Crippen LogP contribution in [-0.2, 0) is 19.1 Å². The van der Waals surface area contributed by atoms with Gasteiger partial charge < -0.3 is 14.8 Å². The minimum Gasteiger partial charge on any atom is -0.462 e. The molecule has 25 heavy (non-hydrogen) atoms. The number of carbonyl (C=O) groups is 3. The van der Waals surface area contributed by atoms with Gasteiger partial charge in [0.05, 0.1) is 13.2 Å². The fourth-order valence-corrected chi connectivity index (χ4v) is 3.10. The van der Waals surface area contributed by atoms with Crippen molar-refractivity contribution in [3.63, 3.8) is 0 Å². The van der Waals surface area contributed by atoms with Crippen LogP contribution < -0.4 is 5.32 Å². The summed E-state index contributed by atoms with van der Waals surface area (Å²) in [5.41, 5.74) is 2.78. The Morgan fingerprint density at radius 1 is 1.04 bits per heavy atom. The van der Waals surface area contributed by atoms with Crippen molar-refractivity contribution in [1.29, 1.82) is 0 Å². The van der Waals surface area contributed by atoms with Crippen molar-refractivity contribution in [1.82, 2.24) is 0 Å². The van der Waals surface area contributed by atoms with Crippen LogP contribution in [0.3, 0.4) is 0 Å². The van der Waals surface area contributed by atoms with Crippen LogP contribution in [-0.4, -0.2) is 31.1 Å². The minimum absolute atomic E-state index is 0.0933. The highest BCUT2D eigenvalue weighted by molar-refractivity contribution is 7.15. The fraction of sp³-hybridized carbons (Fsp3) is 0.278. The van der Waals surface area contributed by atoms with E-state index in [0.29, 0.717) is 5.56 Å². The summed E-state index contributed by atoms with van der Waals surface area (Å²) in [6.07, 6.45) is 0. The lowest BCUT2D eigenvalue weighted by Gasteiger charge is -2.08. The molecule has 0 fully saturated rings. The van der Waals surface area contributed by atoms with Crippen LogP contribution in [0.1, 0.15) is 29.8 Å². The normalized spacial score (nSPS) is 10.2. The van der Waals surface area contributed by atoms with Crippen molar-refractivity contribution in [2.45, 2.75) is 20.8 Å². The Balaban J connectivity index is 2.40. The Hall–Kier alpha value is -2.67. The monoisotopic (exact) mass is 361 g/mol. The second kappa shape index (κ2) is 8.43. The fourth-order valence-electron chi connectivity index (χ4n) is 2.15. The lowest BCUT2D eigenvalue weighted by molar-refractivity contribution is -0.152. The minimum atomic E-state index is -0.998. The van der Waals surface area contributed by atoms with Crippen molar-refractivity contribution in [3.8, 4) is 11.1 Å². The largest absolute Gasteiger partial charge is 0.462 e. The highest BCUT2D eigenvalue weighted by atomic mass is 32.1. The van der Waals surface area contributed by atoms with Crippen molar-refractivity contribution < 1.29 is 23.9 Å². The molecule has 0 aliphatic rings. The summed E-state index contributed by atoms with van der Waals surface area (Å²) in [5.74, 6) is -2.48. The van der Waals surface area contributed by atoms with Crippen LogP contribution in [0.25, 0.3) is 11.1 Å². The van der Waals surface area contributed by atoms with E-state index in [1.807, 2.05) is 31.2 Å². The van der Waals surface area contributed by atoms with Crippen LogP contribution in [0.4, 0.5) is 5.00 Å². The van der Waals surface area contributed by atoms with E-state index in [-0.39, 0.29) is 23.8 Å². The van der Waals surface area contributed by atoms with Gasteiger partial charge in [-0.15, -0.1) is 11.3 Å². The molecule has 1 N–H and O–H groups in total. The van der Waals surface area contributed by atoms with E-state index in [2.05, 4.69) is 10.1 Å². The van der Waals surface area contributed by atoms with E-state index in [0.717, 1.165) is 22.5 Å². The zero-order valence-corrected chi connectivity index (χ0v) is 15.1. The summed E-state index contributed by atoms with van der Waals surface area (Å²) in [6.45, 7) is 5.57. The first-order valence-electron chi connectivity index (χ1n) is 7.81. The summed E-state index contributed by atoms with van der Waals surface area (Å²) in [7, 11) is 0. The Labute approximate surface area is 149 Å². The summed E-state index contributed by atoms with van der Waals surface area (Å²) in [5, 5.41) is 4.44. The van der Waals surface area contributed by atoms with E-state index in [1.54, 1.807) is 19.2 Å². The Bertz CT molecular complexity index is 779. The smallest absolute Gasteiger partial charge is 0.397 e. The number of hydrogen-bond donors (Lipinski definition) is 1. The summed E-state index contributed by atoms with van der Waals surface area (Å²) in [6, 6.07) is 7.63.